The Morgan fingerprint density at radius 2 is 1.60 bits per heavy atom. The fourth-order valence-corrected chi connectivity index (χ4v) is 7.01. The maximum absolute atomic E-state index is 11.7. The number of hydrogen-bond donors (Lipinski definition) is 5. The third kappa shape index (κ3) is 7.41. The molecule has 6 rings (SSSR count). The van der Waals surface area contributed by atoms with Gasteiger partial charge in [0.1, 0.15) is 17.2 Å². The molecule has 0 radical (unpaired) electrons. The number of piperidine rings is 1. The van der Waals surface area contributed by atoms with Crippen molar-refractivity contribution < 1.29 is 20.1 Å². The number of aliphatic hydroxyl groups is 1. The highest BCUT2D eigenvalue weighted by Gasteiger charge is 2.39. The molecule has 1 fully saturated rings. The van der Waals surface area contributed by atoms with Crippen molar-refractivity contribution >= 4 is 10.9 Å². The average molecular weight is 648 g/mol. The van der Waals surface area contributed by atoms with Gasteiger partial charge in [-0.25, -0.2) is 0 Å². The lowest BCUT2D eigenvalue weighted by Crippen LogP contribution is -2.43. The first kappa shape index (κ1) is 33.3. The Kier molecular flexibility index (Phi) is 10.4. The molecular weight excluding hydrogens is 602 g/mol. The van der Waals surface area contributed by atoms with Crippen molar-refractivity contribution in [2.45, 2.75) is 44.1 Å². The monoisotopic (exact) mass is 647 g/mol. The molecule has 0 spiro atoms. The predicted molar refractivity (Wildman–Crippen MR) is 190 cm³/mol. The van der Waals surface area contributed by atoms with Gasteiger partial charge < -0.3 is 35.3 Å². The summed E-state index contributed by atoms with van der Waals surface area (Å²) in [6.45, 7) is 6.81. The smallest absolute Gasteiger partial charge is 0.248 e. The SMILES string of the molecule is CCN1CCC(c2ccccc2)(c2cc(CCOc3ccc(CCNCC(O)c4ccc(O)c5[nH]c(=O)ccc45)cc3)ccc2O)CC1. The summed E-state index contributed by atoms with van der Waals surface area (Å²) < 4.78 is 6.12. The van der Waals surface area contributed by atoms with Crippen LogP contribution in [0.3, 0.4) is 0 Å². The first-order valence-corrected chi connectivity index (χ1v) is 16.9. The normalized spacial score (nSPS) is 15.4. The van der Waals surface area contributed by atoms with Crippen molar-refractivity contribution in [1.82, 2.24) is 15.2 Å². The average Bonchev–Trinajstić information content (AvgIpc) is 3.12. The molecule has 250 valence electrons. The van der Waals surface area contributed by atoms with Gasteiger partial charge in [0.15, 0.2) is 0 Å². The van der Waals surface area contributed by atoms with Gasteiger partial charge in [-0.1, -0.05) is 67.6 Å². The van der Waals surface area contributed by atoms with E-state index in [1.807, 2.05) is 24.3 Å². The summed E-state index contributed by atoms with van der Waals surface area (Å²) >= 11 is 0. The molecule has 0 aliphatic carbocycles. The number of aromatic nitrogens is 1. The molecule has 48 heavy (non-hydrogen) atoms. The molecule has 0 amide bonds. The Morgan fingerprint density at radius 1 is 0.875 bits per heavy atom. The van der Waals surface area contributed by atoms with Crippen LogP contribution in [0.5, 0.6) is 17.2 Å². The highest BCUT2D eigenvalue weighted by atomic mass is 16.5. The molecule has 1 aliphatic rings. The van der Waals surface area contributed by atoms with E-state index in [-0.39, 0.29) is 16.7 Å². The van der Waals surface area contributed by atoms with E-state index in [1.165, 1.54) is 17.7 Å². The topological polar surface area (TPSA) is 118 Å². The number of aliphatic hydroxyl groups excluding tert-OH is 1. The number of aromatic hydroxyl groups is 2. The minimum atomic E-state index is -0.794. The third-order valence-electron chi connectivity index (χ3n) is 9.84. The van der Waals surface area contributed by atoms with Gasteiger partial charge in [0.25, 0.3) is 0 Å². The summed E-state index contributed by atoms with van der Waals surface area (Å²) in [6, 6.07) is 30.9. The summed E-state index contributed by atoms with van der Waals surface area (Å²) in [5.41, 5.74) is 5.03. The second-order valence-corrected chi connectivity index (χ2v) is 12.7. The van der Waals surface area contributed by atoms with Gasteiger partial charge in [-0.05, 0) is 98.0 Å². The lowest BCUT2D eigenvalue weighted by molar-refractivity contribution is 0.176. The van der Waals surface area contributed by atoms with Crippen molar-refractivity contribution in [2.24, 2.45) is 0 Å². The highest BCUT2D eigenvalue weighted by molar-refractivity contribution is 5.87. The standard InChI is InChI=1S/C40H45N3O5/c1-2-43-23-20-40(21-24-43,30-6-4-3-5-7-30)34-26-29(10-15-35(34)44)19-25-48-31-11-8-28(9-12-31)18-22-41-27-37(46)32-13-16-36(45)39-33(32)14-17-38(47)42-39/h3-17,26,37,41,44-46H,2,18-25,27H2,1H3,(H,42,47). The van der Waals surface area contributed by atoms with Crippen LogP contribution >= 0.6 is 0 Å². The van der Waals surface area contributed by atoms with Crippen LogP contribution in [0.25, 0.3) is 10.9 Å². The molecule has 0 saturated carbocycles. The van der Waals surface area contributed by atoms with Gasteiger partial charge in [-0.15, -0.1) is 0 Å². The van der Waals surface area contributed by atoms with Gasteiger partial charge in [-0.2, -0.15) is 0 Å². The zero-order valence-corrected chi connectivity index (χ0v) is 27.5. The molecule has 1 unspecified atom stereocenters. The number of likely N-dealkylation sites (tertiary alicyclic amines) is 1. The molecule has 8 heteroatoms. The van der Waals surface area contributed by atoms with E-state index in [9.17, 15) is 20.1 Å². The van der Waals surface area contributed by atoms with E-state index in [4.69, 9.17) is 4.74 Å². The maximum atomic E-state index is 11.7. The summed E-state index contributed by atoms with van der Waals surface area (Å²) in [4.78, 5) is 16.8. The number of phenols is 2. The van der Waals surface area contributed by atoms with Crippen molar-refractivity contribution in [3.05, 3.63) is 135 Å². The molecule has 8 nitrogen and oxygen atoms in total. The van der Waals surface area contributed by atoms with Gasteiger partial charge in [0, 0.05) is 35.4 Å². The van der Waals surface area contributed by atoms with Crippen LogP contribution < -0.4 is 15.6 Å². The van der Waals surface area contributed by atoms with E-state index >= 15 is 0 Å². The van der Waals surface area contributed by atoms with E-state index in [2.05, 4.69) is 70.7 Å². The molecule has 1 saturated heterocycles. The van der Waals surface area contributed by atoms with Crippen molar-refractivity contribution in [3.63, 3.8) is 0 Å². The first-order chi connectivity index (χ1) is 23.4. The minimum Gasteiger partial charge on any atom is -0.508 e. The molecule has 5 N–H and O–H groups in total. The second-order valence-electron chi connectivity index (χ2n) is 12.7. The van der Waals surface area contributed by atoms with Gasteiger partial charge in [0.05, 0.1) is 18.2 Å². The summed E-state index contributed by atoms with van der Waals surface area (Å²) in [5.74, 6) is 1.15. The zero-order chi connectivity index (χ0) is 33.5. The summed E-state index contributed by atoms with van der Waals surface area (Å²) in [5, 5.41) is 35.9. The Morgan fingerprint density at radius 3 is 2.35 bits per heavy atom. The zero-order valence-electron chi connectivity index (χ0n) is 27.5. The molecule has 2 heterocycles. The summed E-state index contributed by atoms with van der Waals surface area (Å²) in [7, 11) is 0. The van der Waals surface area contributed by atoms with Crippen molar-refractivity contribution in [3.8, 4) is 17.2 Å². The number of nitrogens with one attached hydrogen (secondary N) is 2. The number of fused-ring (bicyclic) bond motifs is 1. The number of hydrogen-bond acceptors (Lipinski definition) is 7. The molecule has 0 bridgehead atoms. The van der Waals surface area contributed by atoms with E-state index < -0.39 is 6.10 Å². The van der Waals surface area contributed by atoms with Crippen LogP contribution in [-0.2, 0) is 18.3 Å². The van der Waals surface area contributed by atoms with E-state index in [1.54, 1.807) is 12.1 Å². The highest BCUT2D eigenvalue weighted by Crippen LogP contribution is 2.45. The number of H-pyrrole nitrogens is 1. The van der Waals surface area contributed by atoms with Crippen LogP contribution in [0.15, 0.2) is 102 Å². The lowest BCUT2D eigenvalue weighted by Gasteiger charge is -2.43. The number of aromatic amines is 1. The van der Waals surface area contributed by atoms with Crippen molar-refractivity contribution in [2.75, 3.05) is 39.3 Å². The van der Waals surface area contributed by atoms with Crippen molar-refractivity contribution in [1.29, 1.82) is 0 Å². The first-order valence-electron chi connectivity index (χ1n) is 16.9. The Labute approximate surface area is 281 Å². The van der Waals surface area contributed by atoms with E-state index in [0.717, 1.165) is 67.8 Å². The molecular formula is C40H45N3O5. The van der Waals surface area contributed by atoms with Crippen LogP contribution in [0.1, 0.15) is 53.7 Å². The number of nitrogens with zero attached hydrogens (tertiary/aromatic N) is 1. The molecule has 1 atom stereocenters. The maximum Gasteiger partial charge on any atom is 0.248 e. The number of ether oxygens (including phenoxy) is 1. The third-order valence-corrected chi connectivity index (χ3v) is 9.84. The van der Waals surface area contributed by atoms with Gasteiger partial charge >= 0.3 is 0 Å². The quantitative estimate of drug-likeness (QED) is 0.102. The Bertz CT molecular complexity index is 1860. The molecule has 5 aromatic rings. The molecule has 1 aliphatic heterocycles. The van der Waals surface area contributed by atoms with Crippen LogP contribution in [0.2, 0.25) is 0 Å². The summed E-state index contributed by atoms with van der Waals surface area (Å²) in [6.07, 6.45) is 2.67. The fraction of sp³-hybridized carbons (Fsp3) is 0.325. The second kappa shape index (κ2) is 15.1. The Balaban J connectivity index is 1.01. The Hall–Kier alpha value is -4.63. The molecule has 4 aromatic carbocycles. The number of pyridine rings is 1. The number of benzene rings is 4. The molecule has 1 aromatic heterocycles. The lowest BCUT2D eigenvalue weighted by atomic mass is 9.67. The number of phenolic OH excluding ortho intramolecular Hbond substituents is 2. The van der Waals surface area contributed by atoms with E-state index in [0.29, 0.717) is 41.9 Å². The minimum absolute atomic E-state index is 0.0244. The van der Waals surface area contributed by atoms with Gasteiger partial charge in [-0.3, -0.25) is 4.79 Å². The van der Waals surface area contributed by atoms with Crippen LogP contribution in [0.4, 0.5) is 0 Å². The predicted octanol–water partition coefficient (Wildman–Crippen LogP) is 5.83. The van der Waals surface area contributed by atoms with Crippen LogP contribution in [-0.4, -0.2) is 64.5 Å². The van der Waals surface area contributed by atoms with Gasteiger partial charge in [0.2, 0.25) is 5.56 Å². The fourth-order valence-electron chi connectivity index (χ4n) is 7.01. The van der Waals surface area contributed by atoms with Crippen LogP contribution in [0, 0.1) is 0 Å². The largest absolute Gasteiger partial charge is 0.508 e. The number of rotatable bonds is 13.